The molecule has 0 atom stereocenters. The summed E-state index contributed by atoms with van der Waals surface area (Å²) in [5, 5.41) is 0. The summed E-state index contributed by atoms with van der Waals surface area (Å²) in [5.41, 5.74) is 6.79. The van der Waals surface area contributed by atoms with Crippen LogP contribution in [-0.4, -0.2) is 4.93 Å². The summed E-state index contributed by atoms with van der Waals surface area (Å²) in [4.78, 5) is 2.07. The predicted octanol–water partition coefficient (Wildman–Crippen LogP) is 5.11. The first-order valence-electron chi connectivity index (χ1n) is 6.51. The summed E-state index contributed by atoms with van der Waals surface area (Å²) in [5.74, 6) is 0.979. The van der Waals surface area contributed by atoms with E-state index in [2.05, 4.69) is 56.6 Å². The molecule has 0 saturated heterocycles. The SMILES string of the molecule is C=C1C=C(C)C=C2c3cc(C)cc(C)c3OI(C)O[C+]12. The van der Waals surface area contributed by atoms with Crippen molar-refractivity contribution in [2.24, 2.45) is 0 Å². The molecule has 3 rings (SSSR count). The Morgan fingerprint density at radius 1 is 1.15 bits per heavy atom. The van der Waals surface area contributed by atoms with Crippen molar-refractivity contribution in [3.8, 4) is 5.75 Å². The van der Waals surface area contributed by atoms with Gasteiger partial charge in [-0.2, -0.15) is 0 Å². The number of hydrogen-bond acceptors (Lipinski definition) is 2. The van der Waals surface area contributed by atoms with Gasteiger partial charge in [-0.1, -0.05) is 0 Å². The molecule has 1 aromatic rings. The van der Waals surface area contributed by atoms with E-state index in [1.54, 1.807) is 0 Å². The Morgan fingerprint density at radius 3 is 2.65 bits per heavy atom. The minimum atomic E-state index is -1.92. The van der Waals surface area contributed by atoms with Crippen molar-refractivity contribution < 1.29 is 6.13 Å². The monoisotopic (exact) mass is 381 g/mol. The zero-order valence-electron chi connectivity index (χ0n) is 12.2. The molecule has 2 aliphatic rings. The van der Waals surface area contributed by atoms with Gasteiger partial charge in [0.15, 0.2) is 0 Å². The average Bonchev–Trinajstić information content (AvgIpc) is 2.48. The van der Waals surface area contributed by atoms with E-state index in [9.17, 15) is 0 Å². The summed E-state index contributed by atoms with van der Waals surface area (Å²) >= 11 is -1.92. The van der Waals surface area contributed by atoms with Gasteiger partial charge in [-0.25, -0.2) is 0 Å². The molecule has 1 aliphatic carbocycles. The normalized spacial score (nSPS) is 19.5. The standard InChI is InChI=1S/C17H18IO2/c1-10-6-12(3)16-14(8-10)15-9-11(2)7-13(4)17(15)20-18(5)19-16/h6-9H,3H2,1-2,4-5H3/q+1. The van der Waals surface area contributed by atoms with Crippen LogP contribution in [0.1, 0.15) is 23.6 Å². The average molecular weight is 381 g/mol. The van der Waals surface area contributed by atoms with Crippen molar-refractivity contribution in [2.75, 3.05) is 4.93 Å². The molecule has 20 heavy (non-hydrogen) atoms. The first kappa shape index (κ1) is 13.8. The van der Waals surface area contributed by atoms with Crippen molar-refractivity contribution in [3.63, 3.8) is 0 Å². The van der Waals surface area contributed by atoms with E-state index in [-0.39, 0.29) is 0 Å². The molecule has 0 aromatic heterocycles. The van der Waals surface area contributed by atoms with E-state index in [0.29, 0.717) is 0 Å². The summed E-state index contributed by atoms with van der Waals surface area (Å²) < 4.78 is 12.2. The van der Waals surface area contributed by atoms with Crippen LogP contribution in [0.5, 0.6) is 5.75 Å². The number of alkyl halides is 1. The van der Waals surface area contributed by atoms with Crippen molar-refractivity contribution in [1.29, 1.82) is 0 Å². The number of fused-ring (bicyclic) bond motifs is 3. The van der Waals surface area contributed by atoms with E-state index in [1.165, 1.54) is 16.7 Å². The Morgan fingerprint density at radius 2 is 1.90 bits per heavy atom. The third kappa shape index (κ3) is 2.29. The number of rotatable bonds is 0. The molecule has 1 aliphatic heterocycles. The van der Waals surface area contributed by atoms with Crippen LogP contribution in [-0.2, 0) is 3.07 Å². The quantitative estimate of drug-likeness (QED) is 0.353. The van der Waals surface area contributed by atoms with Crippen LogP contribution in [0.2, 0.25) is 0 Å². The van der Waals surface area contributed by atoms with Crippen molar-refractivity contribution in [3.05, 3.63) is 64.8 Å². The molecule has 1 aromatic carbocycles. The van der Waals surface area contributed by atoms with Crippen LogP contribution >= 0.6 is 20.6 Å². The molecule has 0 N–H and O–H groups in total. The molecule has 104 valence electrons. The molecule has 0 amide bonds. The van der Waals surface area contributed by atoms with Crippen molar-refractivity contribution in [2.45, 2.75) is 20.8 Å². The fourth-order valence-electron chi connectivity index (χ4n) is 2.63. The van der Waals surface area contributed by atoms with Crippen LogP contribution in [0.25, 0.3) is 5.57 Å². The maximum absolute atomic E-state index is 6.13. The molecular formula is C17H18IO2+. The third-order valence-electron chi connectivity index (χ3n) is 3.39. The van der Waals surface area contributed by atoms with Gasteiger partial charge in [-0.15, -0.1) is 0 Å². The van der Waals surface area contributed by atoms with Gasteiger partial charge in [0.05, 0.1) is 0 Å². The third-order valence-corrected chi connectivity index (χ3v) is 5.51. The van der Waals surface area contributed by atoms with Gasteiger partial charge in [-0.05, 0) is 0 Å². The number of hydrogen-bond donors (Lipinski definition) is 0. The van der Waals surface area contributed by atoms with Gasteiger partial charge in [0.1, 0.15) is 0 Å². The van der Waals surface area contributed by atoms with Crippen molar-refractivity contribution >= 4 is 26.2 Å². The minimum absolute atomic E-state index is 0.895. The molecule has 0 radical (unpaired) electrons. The predicted molar refractivity (Wildman–Crippen MR) is 91.7 cm³/mol. The van der Waals surface area contributed by atoms with Crippen LogP contribution in [0.15, 0.2) is 42.0 Å². The Bertz CT molecular complexity index is 655. The second kappa shape index (κ2) is 4.97. The summed E-state index contributed by atoms with van der Waals surface area (Å²) in [6.07, 6.45) is 5.13. The molecule has 3 heteroatoms. The summed E-state index contributed by atoms with van der Waals surface area (Å²) in [7, 11) is 0. The molecule has 1 heterocycles. The first-order chi connectivity index (χ1) is 9.45. The van der Waals surface area contributed by atoms with Gasteiger partial charge in [-0.3, -0.25) is 0 Å². The molecule has 2 nitrogen and oxygen atoms in total. The summed E-state index contributed by atoms with van der Waals surface area (Å²) in [6, 6.07) is 4.34. The first-order valence-corrected chi connectivity index (χ1v) is 10.4. The van der Waals surface area contributed by atoms with Gasteiger partial charge >= 0.3 is 129 Å². The van der Waals surface area contributed by atoms with Crippen LogP contribution < -0.4 is 3.07 Å². The maximum atomic E-state index is 6.13. The summed E-state index contributed by atoms with van der Waals surface area (Å²) in [6.45, 7) is 10.4. The number of halogens is 1. The molecule has 0 unspecified atom stereocenters. The Balaban J connectivity index is 2.26. The van der Waals surface area contributed by atoms with Crippen LogP contribution in [0.3, 0.4) is 0 Å². The molecule has 0 saturated carbocycles. The van der Waals surface area contributed by atoms with E-state index in [0.717, 1.165) is 28.6 Å². The Hall–Kier alpha value is -1.20. The molecule has 0 bridgehead atoms. The number of aryl methyl sites for hydroxylation is 2. The molecule has 0 fully saturated rings. The second-order valence-electron chi connectivity index (χ2n) is 5.29. The Labute approximate surface area is 128 Å². The van der Waals surface area contributed by atoms with Crippen LogP contribution in [0.4, 0.5) is 0 Å². The van der Waals surface area contributed by atoms with Gasteiger partial charge < -0.3 is 0 Å². The van der Waals surface area contributed by atoms with Crippen LogP contribution in [0, 0.1) is 20.0 Å². The van der Waals surface area contributed by atoms with E-state index in [1.807, 2.05) is 0 Å². The molecular weight excluding hydrogens is 363 g/mol. The van der Waals surface area contributed by atoms with Crippen molar-refractivity contribution in [1.82, 2.24) is 0 Å². The molecule has 0 spiro atoms. The topological polar surface area (TPSA) is 18.5 Å². The number of allylic oxidation sites excluding steroid dienone is 2. The van der Waals surface area contributed by atoms with Gasteiger partial charge in [0.25, 0.3) is 0 Å². The second-order valence-corrected chi connectivity index (χ2v) is 8.29. The van der Waals surface area contributed by atoms with E-state index >= 15 is 0 Å². The number of benzene rings is 1. The fraction of sp³-hybridized carbons (Fsp3) is 0.235. The van der Waals surface area contributed by atoms with E-state index in [4.69, 9.17) is 6.13 Å². The zero-order valence-corrected chi connectivity index (χ0v) is 14.4. The zero-order chi connectivity index (χ0) is 14.4. The Kier molecular flexibility index (Phi) is 3.42. The van der Waals surface area contributed by atoms with Gasteiger partial charge in [0, 0.05) is 0 Å². The van der Waals surface area contributed by atoms with E-state index < -0.39 is 20.6 Å². The van der Waals surface area contributed by atoms with Gasteiger partial charge in [0.2, 0.25) is 0 Å². The fourth-order valence-corrected chi connectivity index (χ4v) is 5.06.